The fourth-order valence-corrected chi connectivity index (χ4v) is 4.50. The van der Waals surface area contributed by atoms with Crippen molar-refractivity contribution < 1.29 is 17.9 Å². The lowest BCUT2D eigenvalue weighted by Gasteiger charge is -2.37. The van der Waals surface area contributed by atoms with Gasteiger partial charge in [0.1, 0.15) is 5.69 Å². The van der Waals surface area contributed by atoms with Crippen molar-refractivity contribution in [3.8, 4) is 0 Å². The molecule has 160 valence electrons. The number of nitrogens with zero attached hydrogens (tertiary/aromatic N) is 3. The molecule has 0 unspecified atom stereocenters. The lowest BCUT2D eigenvalue weighted by Crippen LogP contribution is -2.49. The Morgan fingerprint density at radius 3 is 2.47 bits per heavy atom. The Hall–Kier alpha value is -3.01. The summed E-state index contributed by atoms with van der Waals surface area (Å²) in [5, 5.41) is 0.771. The number of pyridine rings is 1. The molecule has 0 bridgehead atoms. The van der Waals surface area contributed by atoms with Gasteiger partial charge in [0, 0.05) is 45.0 Å². The number of rotatable bonds is 4. The lowest BCUT2D eigenvalue weighted by atomic mass is 10.1. The number of aryl methyl sites for hydroxylation is 1. The number of aromatic nitrogens is 1. The van der Waals surface area contributed by atoms with E-state index < -0.39 is 15.6 Å². The average Bonchev–Trinajstić information content (AvgIpc) is 3.26. The topological polar surface area (TPSA) is 101 Å². The maximum atomic E-state index is 13.0. The second kappa shape index (κ2) is 7.67. The van der Waals surface area contributed by atoms with Crippen LogP contribution in [0, 0.1) is 0 Å². The minimum Gasteiger partial charge on any atom is -0.488 e. The van der Waals surface area contributed by atoms with Crippen LogP contribution < -0.4 is 15.2 Å². The van der Waals surface area contributed by atoms with Crippen LogP contribution in [-0.4, -0.2) is 62.8 Å². The highest BCUT2D eigenvalue weighted by Crippen LogP contribution is 2.33. The summed E-state index contributed by atoms with van der Waals surface area (Å²) >= 11 is 0. The molecule has 10 heteroatoms. The number of carbonyl (C=O) groups is 1. The molecule has 1 aromatic carbocycles. The number of piperazine rings is 1. The summed E-state index contributed by atoms with van der Waals surface area (Å²) < 4.78 is 33.2. The number of hydrogen-bond donors (Lipinski definition) is 1. The van der Waals surface area contributed by atoms with Gasteiger partial charge in [0.05, 0.1) is 24.1 Å². The Morgan fingerprint density at radius 2 is 1.83 bits per heavy atom. The van der Waals surface area contributed by atoms with E-state index in [4.69, 9.17) is 4.74 Å². The molecular weight excluding hydrogens is 408 g/mol. The molecule has 30 heavy (non-hydrogen) atoms. The van der Waals surface area contributed by atoms with Crippen molar-refractivity contribution in [1.82, 2.24) is 9.47 Å². The van der Waals surface area contributed by atoms with Crippen LogP contribution in [0.2, 0.25) is 0 Å². The van der Waals surface area contributed by atoms with Crippen LogP contribution in [0.5, 0.6) is 0 Å². The molecule has 4 rings (SSSR count). The van der Waals surface area contributed by atoms with E-state index in [0.29, 0.717) is 49.7 Å². The first-order chi connectivity index (χ1) is 14.3. The molecule has 2 aliphatic heterocycles. The highest BCUT2D eigenvalue weighted by molar-refractivity contribution is 7.92. The van der Waals surface area contributed by atoms with E-state index in [0.717, 1.165) is 18.1 Å². The van der Waals surface area contributed by atoms with Crippen LogP contribution in [0.25, 0.3) is 10.9 Å². The smallest absolute Gasteiger partial charge is 0.288 e. The number of benzene rings is 1. The fraction of sp³-hybridized carbons (Fsp3) is 0.400. The number of anilines is 2. The Bertz CT molecular complexity index is 1190. The molecule has 1 saturated heterocycles. The van der Waals surface area contributed by atoms with Crippen molar-refractivity contribution in [3.05, 3.63) is 46.5 Å². The Kier molecular flexibility index (Phi) is 5.19. The first-order valence-corrected chi connectivity index (χ1v) is 11.6. The molecule has 1 aromatic heterocycles. The number of ether oxygens (including phenoxy) is 1. The van der Waals surface area contributed by atoms with E-state index in [1.165, 1.54) is 4.57 Å². The van der Waals surface area contributed by atoms with E-state index in [1.54, 1.807) is 18.0 Å². The summed E-state index contributed by atoms with van der Waals surface area (Å²) in [7, 11) is -2.04. The van der Waals surface area contributed by atoms with E-state index >= 15 is 0 Å². The maximum absolute atomic E-state index is 13.0. The third kappa shape index (κ3) is 3.74. The van der Waals surface area contributed by atoms with Crippen LogP contribution in [-0.2, 0) is 26.6 Å². The molecule has 0 radical (unpaired) electrons. The van der Waals surface area contributed by atoms with Crippen LogP contribution in [0.3, 0.4) is 0 Å². The lowest BCUT2D eigenvalue weighted by molar-refractivity contribution is -0.130. The van der Waals surface area contributed by atoms with Gasteiger partial charge >= 0.3 is 0 Å². The molecule has 0 aliphatic carbocycles. The van der Waals surface area contributed by atoms with E-state index in [1.807, 2.05) is 29.2 Å². The van der Waals surface area contributed by atoms with Crippen LogP contribution in [0.1, 0.15) is 6.42 Å². The van der Waals surface area contributed by atoms with Crippen molar-refractivity contribution >= 4 is 38.2 Å². The molecule has 9 nitrogen and oxygen atoms in total. The SMILES string of the molecule is Cn1c(=O)c(NS(C)(=O)=O)c(N2CCN(C(=O)C3=CCCO3)CC2)c2ccccc21. The second-order valence-electron chi connectivity index (χ2n) is 7.46. The van der Waals surface area contributed by atoms with Crippen molar-refractivity contribution in [3.63, 3.8) is 0 Å². The van der Waals surface area contributed by atoms with Crippen LogP contribution in [0.15, 0.2) is 40.9 Å². The van der Waals surface area contributed by atoms with Crippen molar-refractivity contribution in [1.29, 1.82) is 0 Å². The van der Waals surface area contributed by atoms with Crippen LogP contribution in [0.4, 0.5) is 11.4 Å². The number of para-hydroxylation sites is 1. The second-order valence-corrected chi connectivity index (χ2v) is 9.21. The Balaban J connectivity index is 1.71. The van der Waals surface area contributed by atoms with Gasteiger partial charge < -0.3 is 19.1 Å². The molecule has 2 aromatic rings. The minimum absolute atomic E-state index is 0.0281. The summed E-state index contributed by atoms with van der Waals surface area (Å²) in [6, 6.07) is 7.38. The van der Waals surface area contributed by atoms with Gasteiger partial charge in [0.25, 0.3) is 11.5 Å². The molecule has 0 spiro atoms. The zero-order chi connectivity index (χ0) is 21.5. The van der Waals surface area contributed by atoms with Crippen molar-refractivity contribution in [2.75, 3.05) is 48.7 Å². The molecule has 1 N–H and O–H groups in total. The Morgan fingerprint density at radius 1 is 1.13 bits per heavy atom. The first kappa shape index (κ1) is 20.3. The molecule has 0 atom stereocenters. The number of hydrogen-bond acceptors (Lipinski definition) is 6. The summed E-state index contributed by atoms with van der Waals surface area (Å²) in [6.07, 6.45) is 3.56. The maximum Gasteiger partial charge on any atom is 0.288 e. The monoisotopic (exact) mass is 432 g/mol. The summed E-state index contributed by atoms with van der Waals surface area (Å²) in [5.41, 5.74) is 0.861. The number of sulfonamides is 1. The van der Waals surface area contributed by atoms with Gasteiger partial charge in [-0.2, -0.15) is 0 Å². The summed E-state index contributed by atoms with van der Waals surface area (Å²) in [4.78, 5) is 29.3. The van der Waals surface area contributed by atoms with Gasteiger partial charge in [0.15, 0.2) is 5.76 Å². The van der Waals surface area contributed by atoms with Crippen molar-refractivity contribution in [2.24, 2.45) is 7.05 Å². The quantitative estimate of drug-likeness (QED) is 0.769. The first-order valence-electron chi connectivity index (χ1n) is 9.73. The number of nitrogens with one attached hydrogen (secondary N) is 1. The van der Waals surface area contributed by atoms with E-state index in [2.05, 4.69) is 4.72 Å². The van der Waals surface area contributed by atoms with Gasteiger partial charge in [-0.05, 0) is 12.1 Å². The minimum atomic E-state index is -3.66. The Labute approximate surface area is 174 Å². The fourth-order valence-electron chi connectivity index (χ4n) is 3.94. The largest absolute Gasteiger partial charge is 0.488 e. The molecular formula is C20H24N4O5S. The summed E-state index contributed by atoms with van der Waals surface area (Å²) in [6.45, 7) is 2.35. The van der Waals surface area contributed by atoms with Gasteiger partial charge in [-0.3, -0.25) is 14.3 Å². The van der Waals surface area contributed by atoms with E-state index in [9.17, 15) is 18.0 Å². The number of amides is 1. The normalized spacial score (nSPS) is 17.1. The zero-order valence-electron chi connectivity index (χ0n) is 16.9. The van der Waals surface area contributed by atoms with E-state index in [-0.39, 0.29) is 11.6 Å². The van der Waals surface area contributed by atoms with Crippen molar-refractivity contribution in [2.45, 2.75) is 6.42 Å². The van der Waals surface area contributed by atoms with Gasteiger partial charge in [-0.15, -0.1) is 0 Å². The predicted molar refractivity (Wildman–Crippen MR) is 115 cm³/mol. The molecule has 2 aliphatic rings. The average molecular weight is 433 g/mol. The highest BCUT2D eigenvalue weighted by Gasteiger charge is 2.29. The molecule has 3 heterocycles. The molecule has 0 saturated carbocycles. The summed E-state index contributed by atoms with van der Waals surface area (Å²) in [5.74, 6) is 0.261. The highest BCUT2D eigenvalue weighted by atomic mass is 32.2. The predicted octanol–water partition coefficient (Wildman–Crippen LogP) is 0.863. The number of carbonyl (C=O) groups excluding carboxylic acids is 1. The van der Waals surface area contributed by atoms with Crippen LogP contribution >= 0.6 is 0 Å². The standard InChI is InChI=1S/C20H24N4O5S/c1-22-15-7-4-3-6-14(15)18(17(20(22)26)21-30(2,27)28)23-9-11-24(12-10-23)19(25)16-8-5-13-29-16/h3-4,6-8,21H,5,9-13H2,1-2H3. The zero-order valence-corrected chi connectivity index (χ0v) is 17.7. The molecule has 1 fully saturated rings. The molecule has 1 amide bonds. The van der Waals surface area contributed by atoms with Gasteiger partial charge in [0.2, 0.25) is 10.0 Å². The third-order valence-electron chi connectivity index (χ3n) is 5.36. The third-order valence-corrected chi connectivity index (χ3v) is 5.94. The number of fused-ring (bicyclic) bond motifs is 1. The van der Waals surface area contributed by atoms with Gasteiger partial charge in [-0.1, -0.05) is 18.2 Å². The van der Waals surface area contributed by atoms with Gasteiger partial charge in [-0.25, -0.2) is 8.42 Å².